The molecule has 7 nitrogen and oxygen atoms in total. The monoisotopic (exact) mass is 454 g/mol. The van der Waals surface area contributed by atoms with Crippen molar-refractivity contribution in [2.75, 3.05) is 17.7 Å². The average molecular weight is 455 g/mol. The molecule has 0 bridgehead atoms. The maximum atomic E-state index is 6.04. The van der Waals surface area contributed by atoms with Crippen LogP contribution in [0, 0.1) is 11.8 Å². The molecule has 1 aliphatic heterocycles. The van der Waals surface area contributed by atoms with E-state index < -0.39 is 0 Å². The number of rotatable bonds is 7. The average Bonchev–Trinajstić information content (AvgIpc) is 3.44. The highest BCUT2D eigenvalue weighted by molar-refractivity contribution is 5.99. The van der Waals surface area contributed by atoms with Gasteiger partial charge in [-0.3, -0.25) is 0 Å². The van der Waals surface area contributed by atoms with Gasteiger partial charge in [0.15, 0.2) is 0 Å². The molecule has 1 aromatic carbocycles. The summed E-state index contributed by atoms with van der Waals surface area (Å²) in [5.41, 5.74) is 9.57. The Morgan fingerprint density at radius 2 is 2.00 bits per heavy atom. The van der Waals surface area contributed by atoms with Crippen molar-refractivity contribution in [3.05, 3.63) is 72.1 Å². The minimum atomic E-state index is 0.482. The topological polar surface area (TPSA) is 90.9 Å². The summed E-state index contributed by atoms with van der Waals surface area (Å²) in [6.07, 6.45) is 9.13. The Morgan fingerprint density at radius 1 is 1.09 bits per heavy atom. The number of anilines is 2. The Morgan fingerprint density at radius 3 is 2.82 bits per heavy atom. The van der Waals surface area contributed by atoms with Gasteiger partial charge in [0.1, 0.15) is 11.6 Å². The molecule has 2 unspecified atom stereocenters. The zero-order valence-corrected chi connectivity index (χ0v) is 19.4. The van der Waals surface area contributed by atoms with Gasteiger partial charge in [-0.15, -0.1) is 0 Å². The smallest absolute Gasteiger partial charge is 0.213 e. The van der Waals surface area contributed by atoms with Gasteiger partial charge in [-0.1, -0.05) is 25.1 Å². The van der Waals surface area contributed by atoms with Crippen molar-refractivity contribution in [2.45, 2.75) is 45.2 Å². The maximum Gasteiger partial charge on any atom is 0.213 e. The molecule has 7 heteroatoms. The van der Waals surface area contributed by atoms with E-state index in [-0.39, 0.29) is 0 Å². The molecule has 1 fully saturated rings. The molecule has 0 amide bonds. The number of pyridine rings is 2. The number of hydrogen-bond acceptors (Lipinski definition) is 6. The van der Waals surface area contributed by atoms with E-state index in [1.54, 1.807) is 6.20 Å². The second-order valence-electron chi connectivity index (χ2n) is 9.70. The van der Waals surface area contributed by atoms with Gasteiger partial charge in [0.25, 0.3) is 0 Å². The largest absolute Gasteiger partial charge is 0.477 e. The van der Waals surface area contributed by atoms with Crippen LogP contribution in [0.1, 0.15) is 42.8 Å². The van der Waals surface area contributed by atoms with Crippen LogP contribution in [0.3, 0.4) is 0 Å². The fourth-order valence-corrected chi connectivity index (χ4v) is 5.08. The predicted octanol–water partition coefficient (Wildman–Crippen LogP) is 4.79. The molecule has 1 aliphatic carbocycles. The van der Waals surface area contributed by atoms with Crippen LogP contribution in [-0.4, -0.2) is 26.1 Å². The highest BCUT2D eigenvalue weighted by Gasteiger charge is 2.38. The van der Waals surface area contributed by atoms with Crippen molar-refractivity contribution in [1.82, 2.24) is 19.5 Å². The first-order valence-electron chi connectivity index (χ1n) is 12.1. The lowest BCUT2D eigenvalue weighted by Gasteiger charge is -2.24. The van der Waals surface area contributed by atoms with Crippen molar-refractivity contribution in [1.29, 1.82) is 0 Å². The second kappa shape index (κ2) is 8.63. The molecule has 3 N–H and O–H groups in total. The molecule has 0 spiro atoms. The molecule has 3 atom stereocenters. The van der Waals surface area contributed by atoms with E-state index in [0.29, 0.717) is 30.8 Å². The molecule has 174 valence electrons. The van der Waals surface area contributed by atoms with Gasteiger partial charge >= 0.3 is 0 Å². The third kappa shape index (κ3) is 4.06. The lowest BCUT2D eigenvalue weighted by atomic mass is 9.98. The van der Waals surface area contributed by atoms with E-state index in [1.807, 2.05) is 30.5 Å². The summed E-state index contributed by atoms with van der Waals surface area (Å²) >= 11 is 0. The van der Waals surface area contributed by atoms with Crippen LogP contribution in [0.25, 0.3) is 10.8 Å². The summed E-state index contributed by atoms with van der Waals surface area (Å²) in [6, 6.07) is 12.0. The number of nitrogens with one attached hydrogen (secondary N) is 1. The van der Waals surface area contributed by atoms with Crippen LogP contribution in [0.5, 0.6) is 5.88 Å². The Bertz CT molecular complexity index is 1310. The van der Waals surface area contributed by atoms with Gasteiger partial charge in [-0.2, -0.15) is 0 Å². The molecular formula is C27H30N6O. The lowest BCUT2D eigenvalue weighted by Crippen LogP contribution is -2.25. The number of imidazole rings is 1. The van der Waals surface area contributed by atoms with Crippen LogP contribution < -0.4 is 15.8 Å². The number of nitrogen functional groups attached to an aromatic ring is 1. The Balaban J connectivity index is 1.03. The number of benzene rings is 1. The number of aromatic nitrogens is 4. The standard InChI is InChI=1S/C27H30N6O/c1-17-11-22(17)24-15-31-25-12-18(8-10-33(24)25)16-34-26-6-5-19(14-32-26)13-30-23-4-2-3-21-20(23)7-9-29-27(21)28/h2-7,9,14-15,17-18,22,30H,8,10-13,16H2,1H3,(H2,28,29)/t17?,18?,22-/m0/s1. The molecule has 3 aromatic heterocycles. The fourth-order valence-electron chi connectivity index (χ4n) is 5.08. The Hall–Kier alpha value is -3.61. The molecular weight excluding hydrogens is 424 g/mol. The quantitative estimate of drug-likeness (QED) is 0.417. The number of ether oxygens (including phenoxy) is 1. The van der Waals surface area contributed by atoms with Crippen LogP contribution >= 0.6 is 0 Å². The van der Waals surface area contributed by atoms with Crippen molar-refractivity contribution in [3.8, 4) is 5.88 Å². The van der Waals surface area contributed by atoms with E-state index >= 15 is 0 Å². The highest BCUT2D eigenvalue weighted by Crippen LogP contribution is 2.47. The van der Waals surface area contributed by atoms with E-state index in [2.05, 4.69) is 45.1 Å². The number of nitrogens with two attached hydrogens (primary N) is 1. The summed E-state index contributed by atoms with van der Waals surface area (Å²) < 4.78 is 8.49. The highest BCUT2D eigenvalue weighted by atomic mass is 16.5. The summed E-state index contributed by atoms with van der Waals surface area (Å²) in [5, 5.41) is 5.51. The van der Waals surface area contributed by atoms with Crippen LogP contribution in [0.2, 0.25) is 0 Å². The minimum absolute atomic E-state index is 0.482. The number of hydrogen-bond donors (Lipinski definition) is 2. The number of fused-ring (bicyclic) bond motifs is 2. The van der Waals surface area contributed by atoms with Crippen molar-refractivity contribution < 1.29 is 4.74 Å². The molecule has 1 saturated carbocycles. The zero-order chi connectivity index (χ0) is 23.1. The van der Waals surface area contributed by atoms with Crippen LogP contribution in [-0.2, 0) is 19.5 Å². The van der Waals surface area contributed by atoms with E-state index in [9.17, 15) is 0 Å². The summed E-state index contributed by atoms with van der Waals surface area (Å²) in [4.78, 5) is 13.4. The summed E-state index contributed by atoms with van der Waals surface area (Å²) in [6.45, 7) is 4.73. The van der Waals surface area contributed by atoms with E-state index in [1.165, 1.54) is 17.9 Å². The zero-order valence-electron chi connectivity index (χ0n) is 19.4. The first-order valence-corrected chi connectivity index (χ1v) is 12.1. The van der Waals surface area contributed by atoms with Crippen molar-refractivity contribution >= 4 is 22.3 Å². The molecule has 4 aromatic rings. The molecule has 34 heavy (non-hydrogen) atoms. The van der Waals surface area contributed by atoms with Gasteiger partial charge in [-0.25, -0.2) is 15.0 Å². The van der Waals surface area contributed by atoms with Gasteiger partial charge in [0.2, 0.25) is 5.88 Å². The summed E-state index contributed by atoms with van der Waals surface area (Å²) in [5.74, 6) is 4.46. The molecule has 4 heterocycles. The normalized spacial score (nSPS) is 21.3. The lowest BCUT2D eigenvalue weighted by molar-refractivity contribution is 0.211. The SMILES string of the molecule is CC1C[C@@H]1c1cnc2n1CCC(COc1ccc(CNc3cccc4c(N)nccc34)cn1)C2. The molecule has 2 aliphatic rings. The van der Waals surface area contributed by atoms with Gasteiger partial charge < -0.3 is 20.4 Å². The Labute approximate surface area is 199 Å². The van der Waals surface area contributed by atoms with Gasteiger partial charge in [0, 0.05) is 78.2 Å². The first-order chi connectivity index (χ1) is 16.7. The van der Waals surface area contributed by atoms with E-state index in [0.717, 1.165) is 53.2 Å². The number of nitrogens with zero attached hydrogens (tertiary/aromatic N) is 4. The fraction of sp³-hybridized carbons (Fsp3) is 0.370. The minimum Gasteiger partial charge on any atom is -0.477 e. The third-order valence-corrected chi connectivity index (χ3v) is 7.28. The summed E-state index contributed by atoms with van der Waals surface area (Å²) in [7, 11) is 0. The molecule has 0 saturated heterocycles. The second-order valence-corrected chi connectivity index (χ2v) is 9.70. The first kappa shape index (κ1) is 21.0. The predicted molar refractivity (Wildman–Crippen MR) is 134 cm³/mol. The van der Waals surface area contributed by atoms with Gasteiger partial charge in [0.05, 0.1) is 6.61 Å². The van der Waals surface area contributed by atoms with E-state index in [4.69, 9.17) is 15.5 Å². The van der Waals surface area contributed by atoms with Crippen molar-refractivity contribution in [2.24, 2.45) is 11.8 Å². The van der Waals surface area contributed by atoms with Crippen LogP contribution in [0.4, 0.5) is 11.5 Å². The molecule has 6 rings (SSSR count). The maximum absolute atomic E-state index is 6.04. The van der Waals surface area contributed by atoms with Crippen molar-refractivity contribution in [3.63, 3.8) is 0 Å². The molecule has 0 radical (unpaired) electrons. The van der Waals surface area contributed by atoms with Crippen LogP contribution in [0.15, 0.2) is 55.0 Å². The third-order valence-electron chi connectivity index (χ3n) is 7.28. The van der Waals surface area contributed by atoms with Gasteiger partial charge in [-0.05, 0) is 36.5 Å². The Kier molecular flexibility index (Phi) is 5.32.